The van der Waals surface area contributed by atoms with Crippen molar-refractivity contribution in [1.82, 2.24) is 20.3 Å². The number of aromatic nitrogens is 2. The molecule has 6 heteroatoms. The third-order valence-electron chi connectivity index (χ3n) is 4.97. The SMILES string of the molecule is C=C/C(=C\NN)c1c[nH]c2ncc(C(=O)N3CCc4ccccc4C3)cc12. The highest BCUT2D eigenvalue weighted by molar-refractivity contribution is 6.00. The van der Waals surface area contributed by atoms with Crippen molar-refractivity contribution in [2.45, 2.75) is 13.0 Å². The van der Waals surface area contributed by atoms with Crippen LogP contribution in [0.15, 0.2) is 61.6 Å². The van der Waals surface area contributed by atoms with E-state index >= 15 is 0 Å². The van der Waals surface area contributed by atoms with Crippen molar-refractivity contribution in [1.29, 1.82) is 0 Å². The van der Waals surface area contributed by atoms with Gasteiger partial charge in [0, 0.05) is 48.2 Å². The predicted octanol–water partition coefficient (Wildman–Crippen LogP) is 2.75. The van der Waals surface area contributed by atoms with E-state index in [1.807, 2.05) is 29.3 Å². The molecular weight excluding hydrogens is 338 g/mol. The zero-order chi connectivity index (χ0) is 18.8. The molecule has 0 spiro atoms. The van der Waals surface area contributed by atoms with E-state index in [0.29, 0.717) is 18.7 Å². The molecule has 27 heavy (non-hydrogen) atoms. The largest absolute Gasteiger partial charge is 0.346 e. The van der Waals surface area contributed by atoms with Crippen LogP contribution in [0, 0.1) is 0 Å². The molecule has 0 fully saturated rings. The van der Waals surface area contributed by atoms with Gasteiger partial charge in [0.1, 0.15) is 5.65 Å². The molecule has 0 saturated heterocycles. The van der Waals surface area contributed by atoms with Crippen LogP contribution in [0.3, 0.4) is 0 Å². The maximum absolute atomic E-state index is 13.1. The predicted molar refractivity (Wildman–Crippen MR) is 106 cm³/mol. The average Bonchev–Trinajstić information content (AvgIpc) is 3.14. The summed E-state index contributed by atoms with van der Waals surface area (Å²) in [5, 5.41) is 0.861. The highest BCUT2D eigenvalue weighted by atomic mass is 16.2. The van der Waals surface area contributed by atoms with E-state index in [9.17, 15) is 4.79 Å². The second-order valence-electron chi connectivity index (χ2n) is 6.54. The first-order valence-electron chi connectivity index (χ1n) is 8.83. The Morgan fingerprint density at radius 2 is 2.15 bits per heavy atom. The van der Waals surface area contributed by atoms with E-state index in [2.05, 4.69) is 34.1 Å². The summed E-state index contributed by atoms with van der Waals surface area (Å²) in [5.74, 6) is 5.40. The summed E-state index contributed by atoms with van der Waals surface area (Å²) in [4.78, 5) is 22.5. The van der Waals surface area contributed by atoms with Gasteiger partial charge in [-0.3, -0.25) is 10.6 Å². The molecule has 0 atom stereocenters. The number of benzene rings is 1. The van der Waals surface area contributed by atoms with Crippen molar-refractivity contribution < 1.29 is 4.79 Å². The van der Waals surface area contributed by atoms with E-state index < -0.39 is 0 Å². The Labute approximate surface area is 157 Å². The molecule has 0 radical (unpaired) electrons. The van der Waals surface area contributed by atoms with Gasteiger partial charge in [-0.05, 0) is 23.6 Å². The minimum absolute atomic E-state index is 0.00728. The number of amides is 1. The molecule has 2 aromatic heterocycles. The van der Waals surface area contributed by atoms with Gasteiger partial charge in [0.2, 0.25) is 0 Å². The third kappa shape index (κ3) is 3.11. The number of hydrogen-bond donors (Lipinski definition) is 3. The number of pyridine rings is 1. The van der Waals surface area contributed by atoms with Gasteiger partial charge in [0.15, 0.2) is 0 Å². The highest BCUT2D eigenvalue weighted by Crippen LogP contribution is 2.26. The number of carbonyl (C=O) groups excluding carboxylic acids is 1. The number of hydrogen-bond acceptors (Lipinski definition) is 4. The topological polar surface area (TPSA) is 87.0 Å². The van der Waals surface area contributed by atoms with Crippen molar-refractivity contribution in [2.75, 3.05) is 6.54 Å². The maximum atomic E-state index is 13.1. The molecule has 1 aromatic carbocycles. The van der Waals surface area contributed by atoms with E-state index in [4.69, 9.17) is 5.84 Å². The molecule has 6 nitrogen and oxygen atoms in total. The van der Waals surface area contributed by atoms with Crippen LogP contribution in [0.1, 0.15) is 27.0 Å². The first-order chi connectivity index (χ1) is 13.2. The number of nitrogens with one attached hydrogen (secondary N) is 2. The summed E-state index contributed by atoms with van der Waals surface area (Å²) >= 11 is 0. The van der Waals surface area contributed by atoms with Crippen LogP contribution in [0.5, 0.6) is 0 Å². The minimum Gasteiger partial charge on any atom is -0.346 e. The molecule has 0 bridgehead atoms. The monoisotopic (exact) mass is 359 g/mol. The zero-order valence-electron chi connectivity index (χ0n) is 14.9. The van der Waals surface area contributed by atoms with E-state index in [0.717, 1.165) is 28.6 Å². The highest BCUT2D eigenvalue weighted by Gasteiger charge is 2.22. The summed E-state index contributed by atoms with van der Waals surface area (Å²) in [7, 11) is 0. The van der Waals surface area contributed by atoms with Crippen molar-refractivity contribution in [3.63, 3.8) is 0 Å². The second-order valence-corrected chi connectivity index (χ2v) is 6.54. The van der Waals surface area contributed by atoms with Crippen LogP contribution >= 0.6 is 0 Å². The van der Waals surface area contributed by atoms with Crippen LogP contribution in [-0.2, 0) is 13.0 Å². The summed E-state index contributed by atoms with van der Waals surface area (Å²) in [6, 6.07) is 10.2. The second kappa shape index (κ2) is 7.09. The van der Waals surface area contributed by atoms with Crippen LogP contribution in [0.2, 0.25) is 0 Å². The quantitative estimate of drug-likeness (QED) is 0.380. The molecule has 1 amide bonds. The van der Waals surface area contributed by atoms with Crippen LogP contribution in [0.4, 0.5) is 0 Å². The summed E-state index contributed by atoms with van der Waals surface area (Å²) < 4.78 is 0. The van der Waals surface area contributed by atoms with Gasteiger partial charge in [0.25, 0.3) is 5.91 Å². The van der Waals surface area contributed by atoms with E-state index in [-0.39, 0.29) is 5.91 Å². The fourth-order valence-corrected chi connectivity index (χ4v) is 3.55. The van der Waals surface area contributed by atoms with Crippen LogP contribution in [-0.4, -0.2) is 27.3 Å². The van der Waals surface area contributed by atoms with Crippen molar-refractivity contribution >= 4 is 22.5 Å². The lowest BCUT2D eigenvalue weighted by Gasteiger charge is -2.28. The standard InChI is InChI=1S/C21H21N5O/c1-2-14(11-25-22)19-12-24-20-18(19)9-17(10-23-20)21(27)26-8-7-15-5-3-4-6-16(15)13-26/h2-6,9-12,25H,1,7-8,13,22H2,(H,23,24)/b14-11+. The Balaban J connectivity index is 1.67. The molecular formula is C21H21N5O. The molecule has 1 aliphatic rings. The molecule has 136 valence electrons. The Bertz CT molecular complexity index is 1050. The number of hydrazine groups is 1. The number of H-pyrrole nitrogens is 1. The summed E-state index contributed by atoms with van der Waals surface area (Å²) in [5.41, 5.74) is 8.06. The van der Waals surface area contributed by atoms with Crippen molar-refractivity contribution in [3.8, 4) is 0 Å². The lowest BCUT2D eigenvalue weighted by molar-refractivity contribution is 0.0734. The summed E-state index contributed by atoms with van der Waals surface area (Å²) in [6.07, 6.45) is 7.71. The summed E-state index contributed by atoms with van der Waals surface area (Å²) in [6.45, 7) is 5.16. The van der Waals surface area contributed by atoms with Crippen molar-refractivity contribution in [3.05, 3.63) is 83.8 Å². The van der Waals surface area contributed by atoms with Crippen LogP contribution in [0.25, 0.3) is 16.6 Å². The number of carbonyl (C=O) groups is 1. The Morgan fingerprint density at radius 3 is 2.93 bits per heavy atom. The van der Waals surface area contributed by atoms with Gasteiger partial charge < -0.3 is 15.3 Å². The lowest BCUT2D eigenvalue weighted by atomic mass is 9.99. The zero-order valence-corrected chi connectivity index (χ0v) is 14.9. The van der Waals surface area contributed by atoms with Gasteiger partial charge in [-0.25, -0.2) is 4.98 Å². The molecule has 0 unspecified atom stereocenters. The molecule has 3 heterocycles. The molecule has 0 aliphatic carbocycles. The van der Waals surface area contributed by atoms with Gasteiger partial charge in [-0.2, -0.15) is 0 Å². The smallest absolute Gasteiger partial charge is 0.255 e. The van der Waals surface area contributed by atoms with Crippen LogP contribution < -0.4 is 11.3 Å². The lowest BCUT2D eigenvalue weighted by Crippen LogP contribution is -2.35. The van der Waals surface area contributed by atoms with Gasteiger partial charge in [-0.15, -0.1) is 0 Å². The molecule has 1 aliphatic heterocycles. The Hall–Kier alpha value is -3.38. The third-order valence-corrected chi connectivity index (χ3v) is 4.97. The number of allylic oxidation sites excluding steroid dienone is 2. The molecule has 3 aromatic rings. The van der Waals surface area contributed by atoms with Gasteiger partial charge in [0.05, 0.1) is 5.56 Å². The Kier molecular flexibility index (Phi) is 4.48. The van der Waals surface area contributed by atoms with Gasteiger partial charge in [-0.1, -0.05) is 36.9 Å². The minimum atomic E-state index is -0.00728. The van der Waals surface area contributed by atoms with E-state index in [1.54, 1.807) is 18.5 Å². The number of rotatable bonds is 4. The normalized spacial score (nSPS) is 14.1. The number of fused-ring (bicyclic) bond motifs is 2. The fraction of sp³-hybridized carbons (Fsp3) is 0.143. The first-order valence-corrected chi connectivity index (χ1v) is 8.83. The molecule has 4 rings (SSSR count). The Morgan fingerprint density at radius 1 is 1.33 bits per heavy atom. The number of aromatic amines is 1. The molecule has 4 N–H and O–H groups in total. The fourth-order valence-electron chi connectivity index (χ4n) is 3.55. The van der Waals surface area contributed by atoms with E-state index in [1.165, 1.54) is 11.1 Å². The van der Waals surface area contributed by atoms with Crippen molar-refractivity contribution in [2.24, 2.45) is 5.84 Å². The average molecular weight is 359 g/mol. The first kappa shape index (κ1) is 17.1. The van der Waals surface area contributed by atoms with Gasteiger partial charge >= 0.3 is 0 Å². The number of nitrogens with zero attached hydrogens (tertiary/aromatic N) is 2. The molecule has 0 saturated carbocycles. The maximum Gasteiger partial charge on any atom is 0.255 e. The number of nitrogens with two attached hydrogens (primary N) is 1.